The van der Waals surface area contributed by atoms with Crippen molar-refractivity contribution in [1.82, 2.24) is 10.2 Å². The molecule has 0 spiro atoms. The molecule has 8 heteroatoms. The summed E-state index contributed by atoms with van der Waals surface area (Å²) in [5, 5.41) is 2.66. The summed E-state index contributed by atoms with van der Waals surface area (Å²) in [6, 6.07) is 1.69. The predicted molar refractivity (Wildman–Crippen MR) is 87.5 cm³/mol. The third-order valence-corrected chi connectivity index (χ3v) is 4.37. The number of carbonyl (C=O) groups excluding carboxylic acids is 2. The summed E-state index contributed by atoms with van der Waals surface area (Å²) < 4.78 is 15.7. The highest BCUT2D eigenvalue weighted by Crippen LogP contribution is 2.28. The van der Waals surface area contributed by atoms with Gasteiger partial charge >= 0.3 is 11.7 Å². The zero-order valence-electron chi connectivity index (χ0n) is 14.2. The Labute approximate surface area is 145 Å². The van der Waals surface area contributed by atoms with Crippen molar-refractivity contribution in [2.45, 2.75) is 32.3 Å². The molecule has 3 heterocycles. The molecule has 0 radical (unpaired) electrons. The number of amides is 2. The number of nitrogens with zero attached hydrogens (tertiary/aromatic N) is 1. The number of carbonyl (C=O) groups is 2. The first-order chi connectivity index (χ1) is 12.1. The summed E-state index contributed by atoms with van der Waals surface area (Å²) in [4.78, 5) is 37.6. The van der Waals surface area contributed by atoms with Crippen molar-refractivity contribution in [2.24, 2.45) is 0 Å². The van der Waals surface area contributed by atoms with Crippen LogP contribution in [0.2, 0.25) is 0 Å². The van der Waals surface area contributed by atoms with E-state index in [2.05, 4.69) is 5.32 Å². The van der Waals surface area contributed by atoms with Crippen LogP contribution in [0.1, 0.15) is 47.0 Å². The maximum Gasteiger partial charge on any atom is 0.409 e. The minimum Gasteiger partial charge on any atom is -0.449 e. The van der Waals surface area contributed by atoms with E-state index < -0.39 is 11.5 Å². The zero-order chi connectivity index (χ0) is 17.8. The third-order valence-electron chi connectivity index (χ3n) is 4.37. The highest BCUT2D eigenvalue weighted by Gasteiger charge is 2.24. The number of ether oxygens (including phenoxy) is 2. The van der Waals surface area contributed by atoms with E-state index in [1.165, 1.54) is 4.90 Å². The van der Waals surface area contributed by atoms with E-state index >= 15 is 0 Å². The van der Waals surface area contributed by atoms with Gasteiger partial charge < -0.3 is 24.1 Å². The van der Waals surface area contributed by atoms with Crippen LogP contribution < -0.4 is 10.9 Å². The number of hydrogen-bond donors (Lipinski definition) is 1. The Morgan fingerprint density at radius 2 is 2.16 bits per heavy atom. The lowest BCUT2D eigenvalue weighted by Gasteiger charge is -2.26. The molecule has 0 aromatic carbocycles. The molecule has 2 aliphatic heterocycles. The second-order valence-electron chi connectivity index (χ2n) is 6.21. The van der Waals surface area contributed by atoms with Crippen molar-refractivity contribution >= 4 is 12.0 Å². The van der Waals surface area contributed by atoms with Crippen molar-refractivity contribution in [2.75, 3.05) is 32.8 Å². The lowest BCUT2D eigenvalue weighted by atomic mass is 10.1. The van der Waals surface area contributed by atoms with E-state index in [0.717, 1.165) is 19.3 Å². The van der Waals surface area contributed by atoms with E-state index in [-0.39, 0.29) is 24.3 Å². The van der Waals surface area contributed by atoms with Crippen LogP contribution in [0.25, 0.3) is 0 Å². The average molecular weight is 350 g/mol. The molecule has 1 aromatic heterocycles. The molecule has 136 valence electrons. The van der Waals surface area contributed by atoms with Crippen molar-refractivity contribution in [3.8, 4) is 0 Å². The summed E-state index contributed by atoms with van der Waals surface area (Å²) in [6.07, 6.45) is 1.91. The van der Waals surface area contributed by atoms with Crippen molar-refractivity contribution in [3.63, 3.8) is 0 Å². The average Bonchev–Trinajstić information content (AvgIpc) is 3.10. The van der Waals surface area contributed by atoms with Gasteiger partial charge in [0.2, 0.25) is 0 Å². The largest absolute Gasteiger partial charge is 0.449 e. The Bertz CT molecular complexity index is 708. The molecule has 2 amide bonds. The first kappa shape index (κ1) is 17.5. The minimum atomic E-state index is -0.666. The van der Waals surface area contributed by atoms with Crippen molar-refractivity contribution in [1.29, 1.82) is 0 Å². The van der Waals surface area contributed by atoms with Gasteiger partial charge in [-0.1, -0.05) is 0 Å². The van der Waals surface area contributed by atoms with Gasteiger partial charge in [0.15, 0.2) is 0 Å². The topological polar surface area (TPSA) is 98.1 Å². The van der Waals surface area contributed by atoms with Crippen molar-refractivity contribution < 1.29 is 23.5 Å². The normalized spacial score (nSPS) is 20.4. The molecule has 0 bridgehead atoms. The molecule has 0 saturated carbocycles. The number of cyclic esters (lactones) is 1. The first-order valence-electron chi connectivity index (χ1n) is 8.52. The molecule has 1 aromatic rings. The molecule has 0 aliphatic carbocycles. The van der Waals surface area contributed by atoms with Gasteiger partial charge in [0.1, 0.15) is 17.4 Å². The van der Waals surface area contributed by atoms with Crippen LogP contribution in [-0.2, 0) is 9.47 Å². The van der Waals surface area contributed by atoms with E-state index in [1.807, 2.05) is 0 Å². The Hall–Kier alpha value is -2.35. The van der Waals surface area contributed by atoms with E-state index in [1.54, 1.807) is 13.0 Å². The fourth-order valence-electron chi connectivity index (χ4n) is 3.06. The molecular weight excluding hydrogens is 328 g/mol. The van der Waals surface area contributed by atoms with Gasteiger partial charge in [-0.3, -0.25) is 4.79 Å². The van der Waals surface area contributed by atoms with Gasteiger partial charge in [-0.25, -0.2) is 9.59 Å². The maximum atomic E-state index is 12.3. The maximum absolute atomic E-state index is 12.3. The Balaban J connectivity index is 1.61. The zero-order valence-corrected chi connectivity index (χ0v) is 14.2. The fraction of sp³-hybridized carbons (Fsp3) is 0.588. The summed E-state index contributed by atoms with van der Waals surface area (Å²) in [6.45, 7) is 3.95. The molecule has 2 fully saturated rings. The molecule has 8 nitrogen and oxygen atoms in total. The fourth-order valence-corrected chi connectivity index (χ4v) is 3.06. The number of aryl methyl sites for hydroxylation is 1. The van der Waals surface area contributed by atoms with Crippen LogP contribution in [0, 0.1) is 6.92 Å². The summed E-state index contributed by atoms with van der Waals surface area (Å²) in [7, 11) is 0. The monoisotopic (exact) mass is 350 g/mol. The summed E-state index contributed by atoms with van der Waals surface area (Å²) >= 11 is 0. The van der Waals surface area contributed by atoms with E-state index in [9.17, 15) is 14.4 Å². The molecule has 1 unspecified atom stereocenters. The lowest BCUT2D eigenvalue weighted by Crippen LogP contribution is -2.43. The predicted octanol–water partition coefficient (Wildman–Crippen LogP) is 1.37. The third kappa shape index (κ3) is 4.01. The Kier molecular flexibility index (Phi) is 5.37. The molecule has 1 N–H and O–H groups in total. The van der Waals surface area contributed by atoms with Crippen LogP contribution in [0.15, 0.2) is 15.3 Å². The van der Waals surface area contributed by atoms with Gasteiger partial charge in [0.25, 0.3) is 5.91 Å². The first-order valence-corrected chi connectivity index (χ1v) is 8.52. The van der Waals surface area contributed by atoms with Crippen LogP contribution in [-0.4, -0.2) is 49.7 Å². The number of nitrogens with one attached hydrogen (secondary N) is 1. The van der Waals surface area contributed by atoms with Crippen LogP contribution >= 0.6 is 0 Å². The molecule has 2 saturated heterocycles. The van der Waals surface area contributed by atoms with Crippen molar-refractivity contribution in [3.05, 3.63) is 33.4 Å². The smallest absolute Gasteiger partial charge is 0.409 e. The van der Waals surface area contributed by atoms with Gasteiger partial charge in [-0.15, -0.1) is 0 Å². The standard InChI is InChI=1S/C17H22N2O6/c1-11-10-13(12-4-2-8-23-12)25-16(21)14(11)15(20)18-5-7-19-6-3-9-24-17(19)22/h10,12H,2-9H2,1H3,(H,18,20). The summed E-state index contributed by atoms with van der Waals surface area (Å²) in [5.74, 6) is -0.0388. The highest BCUT2D eigenvalue weighted by molar-refractivity contribution is 5.95. The highest BCUT2D eigenvalue weighted by atomic mass is 16.6. The molecule has 3 rings (SSSR count). The Morgan fingerprint density at radius 1 is 1.32 bits per heavy atom. The van der Waals surface area contributed by atoms with Gasteiger partial charge in [-0.05, 0) is 37.8 Å². The minimum absolute atomic E-state index is 0.0111. The molecule has 1 atom stereocenters. The molecular formula is C17H22N2O6. The number of rotatable bonds is 5. The van der Waals surface area contributed by atoms with Crippen LogP contribution in [0.5, 0.6) is 0 Å². The van der Waals surface area contributed by atoms with E-state index in [4.69, 9.17) is 13.9 Å². The van der Waals surface area contributed by atoms with Gasteiger partial charge in [-0.2, -0.15) is 0 Å². The van der Waals surface area contributed by atoms with Crippen LogP contribution in [0.4, 0.5) is 4.79 Å². The Morgan fingerprint density at radius 3 is 2.84 bits per heavy atom. The van der Waals surface area contributed by atoms with Crippen LogP contribution in [0.3, 0.4) is 0 Å². The van der Waals surface area contributed by atoms with Gasteiger partial charge in [0, 0.05) is 26.2 Å². The quantitative estimate of drug-likeness (QED) is 0.861. The van der Waals surface area contributed by atoms with E-state index in [0.29, 0.717) is 37.6 Å². The summed E-state index contributed by atoms with van der Waals surface area (Å²) in [5.41, 5.74) is -0.125. The molecule has 2 aliphatic rings. The SMILES string of the molecule is Cc1cc(C2CCCO2)oc(=O)c1C(=O)NCCN1CCCOC1=O. The second-order valence-corrected chi connectivity index (χ2v) is 6.21. The second kappa shape index (κ2) is 7.69. The number of hydrogen-bond acceptors (Lipinski definition) is 6. The lowest BCUT2D eigenvalue weighted by molar-refractivity contribution is 0.0718. The molecule has 25 heavy (non-hydrogen) atoms. The van der Waals surface area contributed by atoms with Gasteiger partial charge in [0.05, 0.1) is 6.61 Å².